The molecule has 3 heteroatoms. The molecule has 1 fully saturated rings. The van der Waals surface area contributed by atoms with Crippen molar-refractivity contribution >= 4 is 5.91 Å². The van der Waals surface area contributed by atoms with E-state index < -0.39 is 0 Å². The van der Waals surface area contributed by atoms with Crippen LogP contribution < -0.4 is 5.73 Å². The molecule has 0 radical (unpaired) electrons. The SMILES string of the molecule is C=CC(=O)N1CCC[C@H](N)C1. The zero-order valence-corrected chi connectivity index (χ0v) is 6.62. The molecule has 1 aliphatic heterocycles. The Morgan fingerprint density at radius 2 is 2.45 bits per heavy atom. The lowest BCUT2D eigenvalue weighted by Gasteiger charge is -2.29. The third kappa shape index (κ3) is 2.05. The van der Waals surface area contributed by atoms with Crippen LogP contribution in [0.2, 0.25) is 0 Å². The van der Waals surface area contributed by atoms with Gasteiger partial charge in [-0.05, 0) is 18.9 Å². The Morgan fingerprint density at radius 3 is 3.00 bits per heavy atom. The third-order valence-electron chi connectivity index (χ3n) is 1.94. The predicted octanol–water partition coefficient (Wildman–Crippen LogP) is 0.122. The van der Waals surface area contributed by atoms with E-state index in [-0.39, 0.29) is 11.9 Å². The minimum Gasteiger partial charge on any atom is -0.338 e. The Balaban J connectivity index is 2.45. The molecule has 0 saturated carbocycles. The van der Waals surface area contributed by atoms with Crippen molar-refractivity contribution in [2.45, 2.75) is 18.9 Å². The number of hydrogen-bond donors (Lipinski definition) is 1. The van der Waals surface area contributed by atoms with Gasteiger partial charge in [-0.15, -0.1) is 0 Å². The highest BCUT2D eigenvalue weighted by atomic mass is 16.2. The van der Waals surface area contributed by atoms with Crippen molar-refractivity contribution in [2.24, 2.45) is 5.73 Å². The zero-order chi connectivity index (χ0) is 8.27. The average Bonchev–Trinajstić information content (AvgIpc) is 2.03. The fourth-order valence-electron chi connectivity index (χ4n) is 1.34. The molecule has 1 saturated heterocycles. The van der Waals surface area contributed by atoms with Crippen molar-refractivity contribution in [1.82, 2.24) is 4.90 Å². The highest BCUT2D eigenvalue weighted by molar-refractivity contribution is 5.87. The largest absolute Gasteiger partial charge is 0.338 e. The molecular weight excluding hydrogens is 140 g/mol. The summed E-state index contributed by atoms with van der Waals surface area (Å²) in [5.41, 5.74) is 5.69. The molecule has 1 aliphatic rings. The summed E-state index contributed by atoms with van der Waals surface area (Å²) >= 11 is 0. The lowest BCUT2D eigenvalue weighted by molar-refractivity contribution is -0.127. The van der Waals surface area contributed by atoms with Gasteiger partial charge in [-0.1, -0.05) is 6.58 Å². The number of carbonyl (C=O) groups excluding carboxylic acids is 1. The van der Waals surface area contributed by atoms with Crippen molar-refractivity contribution in [1.29, 1.82) is 0 Å². The molecule has 0 aromatic carbocycles. The van der Waals surface area contributed by atoms with Gasteiger partial charge in [-0.3, -0.25) is 4.79 Å². The maximum Gasteiger partial charge on any atom is 0.246 e. The standard InChI is InChI=1S/C8H14N2O/c1-2-8(11)10-5-3-4-7(9)6-10/h2,7H,1,3-6,9H2/t7-/m0/s1. The Labute approximate surface area is 66.9 Å². The second-order valence-corrected chi connectivity index (χ2v) is 2.89. The molecule has 0 aliphatic carbocycles. The summed E-state index contributed by atoms with van der Waals surface area (Å²) in [6, 6.07) is 0.160. The lowest BCUT2D eigenvalue weighted by atomic mass is 10.1. The minimum absolute atomic E-state index is 0.000139. The number of piperidine rings is 1. The highest BCUT2D eigenvalue weighted by Crippen LogP contribution is 2.07. The van der Waals surface area contributed by atoms with Gasteiger partial charge in [0.15, 0.2) is 0 Å². The van der Waals surface area contributed by atoms with Crippen LogP contribution in [-0.2, 0) is 4.79 Å². The predicted molar refractivity (Wildman–Crippen MR) is 44.0 cm³/mol. The second-order valence-electron chi connectivity index (χ2n) is 2.89. The fraction of sp³-hybridized carbons (Fsp3) is 0.625. The van der Waals surface area contributed by atoms with Crippen molar-refractivity contribution in [3.8, 4) is 0 Å². The van der Waals surface area contributed by atoms with Crippen LogP contribution >= 0.6 is 0 Å². The lowest BCUT2D eigenvalue weighted by Crippen LogP contribution is -2.45. The first-order chi connectivity index (χ1) is 5.24. The van der Waals surface area contributed by atoms with Gasteiger partial charge in [-0.2, -0.15) is 0 Å². The van der Waals surface area contributed by atoms with E-state index in [4.69, 9.17) is 5.73 Å². The number of carbonyl (C=O) groups is 1. The van der Waals surface area contributed by atoms with Gasteiger partial charge in [0.05, 0.1) is 0 Å². The third-order valence-corrected chi connectivity index (χ3v) is 1.94. The maximum atomic E-state index is 11.1. The molecule has 1 atom stereocenters. The summed E-state index contributed by atoms with van der Waals surface area (Å²) in [5.74, 6) is 0.000139. The molecule has 3 nitrogen and oxygen atoms in total. The number of nitrogens with two attached hydrogens (primary N) is 1. The van der Waals surface area contributed by atoms with Gasteiger partial charge < -0.3 is 10.6 Å². The summed E-state index contributed by atoms with van der Waals surface area (Å²) < 4.78 is 0. The van der Waals surface area contributed by atoms with Gasteiger partial charge in [-0.25, -0.2) is 0 Å². The van der Waals surface area contributed by atoms with Gasteiger partial charge in [0, 0.05) is 19.1 Å². The molecule has 0 spiro atoms. The highest BCUT2D eigenvalue weighted by Gasteiger charge is 2.18. The smallest absolute Gasteiger partial charge is 0.246 e. The molecule has 0 aromatic rings. The molecule has 0 aromatic heterocycles. The van der Waals surface area contributed by atoms with E-state index in [0.29, 0.717) is 6.54 Å². The van der Waals surface area contributed by atoms with Crippen LogP contribution in [0.4, 0.5) is 0 Å². The summed E-state index contributed by atoms with van der Waals surface area (Å²) in [6.45, 7) is 4.95. The van der Waals surface area contributed by atoms with Gasteiger partial charge in [0.1, 0.15) is 0 Å². The van der Waals surface area contributed by atoms with E-state index in [1.165, 1.54) is 6.08 Å². The van der Waals surface area contributed by atoms with E-state index >= 15 is 0 Å². The molecule has 1 amide bonds. The second kappa shape index (κ2) is 3.53. The molecule has 11 heavy (non-hydrogen) atoms. The van der Waals surface area contributed by atoms with Crippen LogP contribution in [0.5, 0.6) is 0 Å². The van der Waals surface area contributed by atoms with E-state index in [9.17, 15) is 4.79 Å². The summed E-state index contributed by atoms with van der Waals surface area (Å²) in [7, 11) is 0. The van der Waals surface area contributed by atoms with Gasteiger partial charge >= 0.3 is 0 Å². The Bertz CT molecular complexity index is 167. The molecule has 2 N–H and O–H groups in total. The molecule has 0 bridgehead atoms. The number of rotatable bonds is 1. The fourth-order valence-corrected chi connectivity index (χ4v) is 1.34. The summed E-state index contributed by atoms with van der Waals surface area (Å²) in [5, 5.41) is 0. The van der Waals surface area contributed by atoms with Crippen molar-refractivity contribution in [3.63, 3.8) is 0 Å². The normalized spacial score (nSPS) is 24.8. The summed E-state index contributed by atoms with van der Waals surface area (Å²) in [4.78, 5) is 12.8. The van der Waals surface area contributed by atoms with Crippen LogP contribution in [0.25, 0.3) is 0 Å². The van der Waals surface area contributed by atoms with Gasteiger partial charge in [0.25, 0.3) is 0 Å². The van der Waals surface area contributed by atoms with E-state index in [1.54, 1.807) is 4.90 Å². The number of likely N-dealkylation sites (tertiary alicyclic amines) is 1. The van der Waals surface area contributed by atoms with Crippen molar-refractivity contribution < 1.29 is 4.79 Å². The Morgan fingerprint density at radius 1 is 1.73 bits per heavy atom. The van der Waals surface area contributed by atoms with E-state index in [2.05, 4.69) is 6.58 Å². The number of hydrogen-bond acceptors (Lipinski definition) is 2. The van der Waals surface area contributed by atoms with Crippen molar-refractivity contribution in [2.75, 3.05) is 13.1 Å². The topological polar surface area (TPSA) is 46.3 Å². The zero-order valence-electron chi connectivity index (χ0n) is 6.62. The van der Waals surface area contributed by atoms with E-state index in [1.807, 2.05) is 0 Å². The van der Waals surface area contributed by atoms with Crippen molar-refractivity contribution in [3.05, 3.63) is 12.7 Å². The molecule has 1 rings (SSSR count). The molecule has 0 unspecified atom stereocenters. The maximum absolute atomic E-state index is 11.1. The van der Waals surface area contributed by atoms with Crippen LogP contribution in [0.1, 0.15) is 12.8 Å². The average molecular weight is 154 g/mol. The van der Waals surface area contributed by atoms with Crippen LogP contribution in [0.3, 0.4) is 0 Å². The first-order valence-corrected chi connectivity index (χ1v) is 3.91. The summed E-state index contributed by atoms with van der Waals surface area (Å²) in [6.07, 6.45) is 3.39. The molecular formula is C8H14N2O. The van der Waals surface area contributed by atoms with Crippen LogP contribution in [0.15, 0.2) is 12.7 Å². The van der Waals surface area contributed by atoms with E-state index in [0.717, 1.165) is 19.4 Å². The number of amides is 1. The minimum atomic E-state index is 0.000139. The van der Waals surface area contributed by atoms with Crippen LogP contribution in [-0.4, -0.2) is 29.9 Å². The molecule has 62 valence electrons. The monoisotopic (exact) mass is 154 g/mol. The number of nitrogens with zero attached hydrogens (tertiary/aromatic N) is 1. The molecule has 1 heterocycles. The Kier molecular flexibility index (Phi) is 2.65. The quantitative estimate of drug-likeness (QED) is 0.545. The first kappa shape index (κ1) is 8.27. The van der Waals surface area contributed by atoms with Gasteiger partial charge in [0.2, 0.25) is 5.91 Å². The van der Waals surface area contributed by atoms with Crippen LogP contribution in [0, 0.1) is 0 Å². The first-order valence-electron chi connectivity index (χ1n) is 3.91. The Hall–Kier alpha value is -0.830.